The molecule has 2 atom stereocenters. The number of hydrogen-bond acceptors (Lipinski definition) is 5. The second-order valence-electron chi connectivity index (χ2n) is 6.71. The number of anilines is 2. The highest BCUT2D eigenvalue weighted by molar-refractivity contribution is 7.98. The molecule has 0 unspecified atom stereocenters. The fraction of sp³-hybridized carbons (Fsp3) is 0.250. The van der Waals surface area contributed by atoms with Gasteiger partial charge in [-0.25, -0.2) is 9.07 Å². The minimum Gasteiger partial charge on any atom is -0.351 e. The Morgan fingerprint density at radius 2 is 2.00 bits per heavy atom. The van der Waals surface area contributed by atoms with Gasteiger partial charge in [-0.15, -0.1) is 5.10 Å². The van der Waals surface area contributed by atoms with Crippen molar-refractivity contribution in [2.24, 2.45) is 5.92 Å². The molecule has 0 radical (unpaired) electrons. The van der Waals surface area contributed by atoms with Gasteiger partial charge in [-0.2, -0.15) is 4.98 Å². The zero-order chi connectivity index (χ0) is 19.5. The lowest BCUT2D eigenvalue weighted by molar-refractivity contribution is -0.120. The molecule has 0 fully saturated rings. The van der Waals surface area contributed by atoms with E-state index in [1.165, 1.54) is 17.7 Å². The first-order valence-corrected chi connectivity index (χ1v) is 10.0. The van der Waals surface area contributed by atoms with Crippen molar-refractivity contribution in [3.8, 4) is 0 Å². The molecular formula is C20H20FN5OS. The Morgan fingerprint density at radius 1 is 1.25 bits per heavy atom. The summed E-state index contributed by atoms with van der Waals surface area (Å²) in [5.41, 5.74) is 1.78. The highest BCUT2D eigenvalue weighted by atomic mass is 32.2. The molecule has 2 N–H and O–H groups in total. The Balaban J connectivity index is 1.41. The molecule has 0 bridgehead atoms. The van der Waals surface area contributed by atoms with Crippen LogP contribution in [0.3, 0.4) is 0 Å². The first-order chi connectivity index (χ1) is 13.6. The van der Waals surface area contributed by atoms with Gasteiger partial charge in [0.05, 0.1) is 12.5 Å². The van der Waals surface area contributed by atoms with Gasteiger partial charge in [0.15, 0.2) is 0 Å². The molecule has 4 rings (SSSR count). The average molecular weight is 397 g/mol. The van der Waals surface area contributed by atoms with E-state index in [0.29, 0.717) is 23.3 Å². The van der Waals surface area contributed by atoms with Crippen LogP contribution in [0.1, 0.15) is 12.5 Å². The molecule has 0 saturated carbocycles. The summed E-state index contributed by atoms with van der Waals surface area (Å²) in [7, 11) is 0. The lowest BCUT2D eigenvalue weighted by Crippen LogP contribution is -2.43. The van der Waals surface area contributed by atoms with Gasteiger partial charge in [0.25, 0.3) is 0 Å². The fourth-order valence-electron chi connectivity index (χ4n) is 3.07. The smallest absolute Gasteiger partial charge is 0.231 e. The quantitative estimate of drug-likeness (QED) is 0.641. The highest BCUT2D eigenvalue weighted by Crippen LogP contribution is 2.26. The van der Waals surface area contributed by atoms with Crippen molar-refractivity contribution in [1.29, 1.82) is 0 Å². The molecule has 0 spiro atoms. The fourth-order valence-corrected chi connectivity index (χ4v) is 3.86. The summed E-state index contributed by atoms with van der Waals surface area (Å²) in [4.78, 5) is 17.2. The number of nitrogens with one attached hydrogen (secondary N) is 2. The molecule has 144 valence electrons. The van der Waals surface area contributed by atoms with Crippen molar-refractivity contribution in [3.05, 3.63) is 66.0 Å². The predicted molar refractivity (Wildman–Crippen MR) is 108 cm³/mol. The number of fused-ring (bicyclic) bond motifs is 1. The number of benzene rings is 2. The maximum atomic E-state index is 13.0. The SMILES string of the molecule is C[C@H]1Nc2nc(SCc3ccccc3)nn2C[C@@H]1C(=O)Nc1ccc(F)cc1. The average Bonchev–Trinajstić information content (AvgIpc) is 3.10. The third kappa shape index (κ3) is 4.17. The molecule has 3 aromatic rings. The van der Waals surface area contributed by atoms with Crippen molar-refractivity contribution in [3.63, 3.8) is 0 Å². The zero-order valence-electron chi connectivity index (χ0n) is 15.3. The van der Waals surface area contributed by atoms with Gasteiger partial charge in [-0.3, -0.25) is 4.79 Å². The van der Waals surface area contributed by atoms with Crippen LogP contribution in [0.25, 0.3) is 0 Å². The van der Waals surface area contributed by atoms with Crippen LogP contribution in [0.5, 0.6) is 0 Å². The van der Waals surface area contributed by atoms with Gasteiger partial charge < -0.3 is 10.6 Å². The normalized spacial score (nSPS) is 18.2. The summed E-state index contributed by atoms with van der Waals surface area (Å²) in [6, 6.07) is 15.8. The largest absolute Gasteiger partial charge is 0.351 e. The van der Waals surface area contributed by atoms with E-state index in [2.05, 4.69) is 32.8 Å². The van der Waals surface area contributed by atoms with Crippen LogP contribution in [-0.2, 0) is 17.1 Å². The van der Waals surface area contributed by atoms with Gasteiger partial charge >= 0.3 is 0 Å². The number of nitrogens with zero attached hydrogens (tertiary/aromatic N) is 3. The lowest BCUT2D eigenvalue weighted by Gasteiger charge is -2.29. The molecule has 8 heteroatoms. The van der Waals surface area contributed by atoms with Gasteiger partial charge in [0.1, 0.15) is 5.82 Å². The van der Waals surface area contributed by atoms with Crippen LogP contribution >= 0.6 is 11.8 Å². The number of halogens is 1. The molecule has 1 amide bonds. The van der Waals surface area contributed by atoms with E-state index in [0.717, 1.165) is 5.75 Å². The summed E-state index contributed by atoms with van der Waals surface area (Å²) in [6.07, 6.45) is 0. The highest BCUT2D eigenvalue weighted by Gasteiger charge is 2.32. The van der Waals surface area contributed by atoms with Crippen molar-refractivity contribution >= 4 is 29.3 Å². The first-order valence-electron chi connectivity index (χ1n) is 9.03. The summed E-state index contributed by atoms with van der Waals surface area (Å²) in [5.74, 6) is 0.679. The van der Waals surface area contributed by atoms with E-state index >= 15 is 0 Å². The number of aromatic nitrogens is 3. The van der Waals surface area contributed by atoms with Crippen molar-refractivity contribution in [2.45, 2.75) is 30.4 Å². The van der Waals surface area contributed by atoms with Crippen LogP contribution in [0.2, 0.25) is 0 Å². The Kier molecular flexibility index (Phi) is 5.29. The Morgan fingerprint density at radius 3 is 2.75 bits per heavy atom. The molecular weight excluding hydrogens is 377 g/mol. The van der Waals surface area contributed by atoms with Crippen molar-refractivity contribution < 1.29 is 9.18 Å². The topological polar surface area (TPSA) is 71.8 Å². The van der Waals surface area contributed by atoms with Crippen LogP contribution < -0.4 is 10.6 Å². The molecule has 0 saturated heterocycles. The van der Waals surface area contributed by atoms with Crippen molar-refractivity contribution in [2.75, 3.05) is 10.6 Å². The van der Waals surface area contributed by atoms with E-state index < -0.39 is 0 Å². The third-order valence-corrected chi connectivity index (χ3v) is 5.55. The Hall–Kier alpha value is -2.87. The first kappa shape index (κ1) is 18.5. The van der Waals surface area contributed by atoms with Crippen LogP contribution in [0, 0.1) is 11.7 Å². The number of rotatable bonds is 5. The number of carbonyl (C=O) groups excluding carboxylic acids is 1. The van der Waals surface area contributed by atoms with E-state index in [9.17, 15) is 9.18 Å². The third-order valence-electron chi connectivity index (χ3n) is 4.64. The van der Waals surface area contributed by atoms with Gasteiger partial charge in [-0.05, 0) is 36.8 Å². The summed E-state index contributed by atoms with van der Waals surface area (Å²) in [5, 5.41) is 11.3. The summed E-state index contributed by atoms with van der Waals surface area (Å²) < 4.78 is 14.8. The van der Waals surface area contributed by atoms with E-state index in [1.807, 2.05) is 25.1 Å². The van der Waals surface area contributed by atoms with E-state index in [-0.39, 0.29) is 23.7 Å². The van der Waals surface area contributed by atoms with Gasteiger partial charge in [0, 0.05) is 17.5 Å². The second kappa shape index (κ2) is 8.02. The van der Waals surface area contributed by atoms with Crippen molar-refractivity contribution in [1.82, 2.24) is 14.8 Å². The van der Waals surface area contributed by atoms with E-state index in [4.69, 9.17) is 0 Å². The Labute approximate surface area is 166 Å². The maximum Gasteiger partial charge on any atom is 0.231 e. The molecule has 2 aromatic carbocycles. The second-order valence-corrected chi connectivity index (χ2v) is 7.65. The number of thioether (sulfide) groups is 1. The molecule has 1 aliphatic rings. The number of hydrogen-bond donors (Lipinski definition) is 2. The molecule has 6 nitrogen and oxygen atoms in total. The molecule has 28 heavy (non-hydrogen) atoms. The molecule has 0 aliphatic carbocycles. The Bertz CT molecular complexity index is 960. The van der Waals surface area contributed by atoms with E-state index in [1.54, 1.807) is 28.6 Å². The summed E-state index contributed by atoms with van der Waals surface area (Å²) >= 11 is 1.56. The number of amides is 1. The maximum absolute atomic E-state index is 13.0. The standard InChI is InChI=1S/C20H20FN5OS/c1-13-17(18(27)23-16-9-7-15(21)8-10-16)11-26-19(22-13)24-20(25-26)28-12-14-5-3-2-4-6-14/h2-10,13,17H,11-12H2,1H3,(H,23,27)(H,22,24,25)/t13-,17+/m1/s1. The minimum atomic E-state index is -0.335. The van der Waals surface area contributed by atoms with Crippen LogP contribution in [0.4, 0.5) is 16.0 Å². The zero-order valence-corrected chi connectivity index (χ0v) is 16.1. The van der Waals surface area contributed by atoms with Gasteiger partial charge in [0.2, 0.25) is 17.0 Å². The number of carbonyl (C=O) groups is 1. The van der Waals surface area contributed by atoms with Gasteiger partial charge in [-0.1, -0.05) is 42.1 Å². The van der Waals surface area contributed by atoms with Crippen LogP contribution in [0.15, 0.2) is 59.8 Å². The molecule has 1 aromatic heterocycles. The predicted octanol–water partition coefficient (Wildman–Crippen LogP) is 3.78. The van der Waals surface area contributed by atoms with Crippen LogP contribution in [-0.4, -0.2) is 26.7 Å². The minimum absolute atomic E-state index is 0.0934. The monoisotopic (exact) mass is 397 g/mol. The lowest BCUT2D eigenvalue weighted by atomic mass is 9.98. The molecule has 2 heterocycles. The molecule has 1 aliphatic heterocycles. The summed E-state index contributed by atoms with van der Waals surface area (Å²) in [6.45, 7) is 2.39.